The number of alkyl halides is 3. The number of nitrogens with one attached hydrogen (secondary N) is 1. The van der Waals surface area contributed by atoms with Crippen LogP contribution in [0, 0.1) is 0 Å². The van der Waals surface area contributed by atoms with Crippen molar-refractivity contribution in [2.75, 3.05) is 18.0 Å². The second-order valence-corrected chi connectivity index (χ2v) is 7.01. The van der Waals surface area contributed by atoms with E-state index in [0.29, 0.717) is 11.7 Å². The first kappa shape index (κ1) is 16.2. The standard InChI is InChI=1S/C14H18F3N5S/c1-8(2)12-20-21-13(23-12)22-5-3-9(4-6-22)11-18-7-10(19-11)14(15,16)17/h7-9H,3-6H2,1-2H3,(H,18,19). The Balaban J connectivity index is 1.63. The molecule has 1 aliphatic heterocycles. The van der Waals surface area contributed by atoms with Crippen molar-refractivity contribution in [3.63, 3.8) is 0 Å². The number of anilines is 1. The van der Waals surface area contributed by atoms with Crippen molar-refractivity contribution in [3.05, 3.63) is 22.7 Å². The van der Waals surface area contributed by atoms with Gasteiger partial charge in [0.1, 0.15) is 16.5 Å². The van der Waals surface area contributed by atoms with E-state index in [0.717, 1.165) is 42.3 Å². The Morgan fingerprint density at radius 2 is 1.96 bits per heavy atom. The number of aromatic nitrogens is 4. The van der Waals surface area contributed by atoms with Gasteiger partial charge in [-0.05, 0) is 12.8 Å². The summed E-state index contributed by atoms with van der Waals surface area (Å²) in [5.41, 5.74) is -0.777. The van der Waals surface area contributed by atoms with E-state index in [9.17, 15) is 13.2 Å². The average molecular weight is 345 g/mol. The van der Waals surface area contributed by atoms with Crippen molar-refractivity contribution in [2.24, 2.45) is 0 Å². The predicted octanol–water partition coefficient (Wildman–Crippen LogP) is 3.79. The smallest absolute Gasteiger partial charge is 0.347 e. The van der Waals surface area contributed by atoms with Gasteiger partial charge in [0.2, 0.25) is 5.13 Å². The molecule has 0 amide bonds. The van der Waals surface area contributed by atoms with Crippen LogP contribution in [-0.2, 0) is 6.18 Å². The lowest BCUT2D eigenvalue weighted by Gasteiger charge is -2.30. The van der Waals surface area contributed by atoms with Gasteiger partial charge in [0.15, 0.2) is 0 Å². The number of imidazole rings is 1. The van der Waals surface area contributed by atoms with Gasteiger partial charge in [-0.25, -0.2) is 4.98 Å². The van der Waals surface area contributed by atoms with E-state index in [4.69, 9.17) is 0 Å². The summed E-state index contributed by atoms with van der Waals surface area (Å²) in [6.45, 7) is 5.65. The van der Waals surface area contributed by atoms with Crippen molar-refractivity contribution in [1.82, 2.24) is 20.2 Å². The van der Waals surface area contributed by atoms with Crippen LogP contribution in [0.5, 0.6) is 0 Å². The molecule has 2 aromatic rings. The predicted molar refractivity (Wildman–Crippen MR) is 81.8 cm³/mol. The summed E-state index contributed by atoms with van der Waals surface area (Å²) in [7, 11) is 0. The normalized spacial score (nSPS) is 17.2. The zero-order valence-electron chi connectivity index (χ0n) is 12.9. The van der Waals surface area contributed by atoms with Crippen molar-refractivity contribution in [2.45, 2.75) is 44.7 Å². The van der Waals surface area contributed by atoms with Gasteiger partial charge in [-0.2, -0.15) is 13.2 Å². The molecule has 0 spiro atoms. The number of H-pyrrole nitrogens is 1. The summed E-state index contributed by atoms with van der Waals surface area (Å²) in [6.07, 6.45) is -1.99. The topological polar surface area (TPSA) is 57.7 Å². The highest BCUT2D eigenvalue weighted by atomic mass is 32.1. The molecule has 9 heteroatoms. The number of aromatic amines is 1. The third-order valence-corrected chi connectivity index (χ3v) is 5.26. The first-order chi connectivity index (χ1) is 10.8. The molecule has 23 heavy (non-hydrogen) atoms. The molecule has 1 aliphatic rings. The van der Waals surface area contributed by atoms with Crippen LogP contribution in [0.3, 0.4) is 0 Å². The first-order valence-corrected chi connectivity index (χ1v) is 8.36. The van der Waals surface area contributed by atoms with Crippen LogP contribution in [0.15, 0.2) is 6.20 Å². The highest BCUT2D eigenvalue weighted by molar-refractivity contribution is 7.15. The van der Waals surface area contributed by atoms with Gasteiger partial charge in [0.25, 0.3) is 0 Å². The summed E-state index contributed by atoms with van der Waals surface area (Å²) in [5.74, 6) is 0.805. The maximum atomic E-state index is 12.6. The van der Waals surface area contributed by atoms with E-state index < -0.39 is 11.9 Å². The van der Waals surface area contributed by atoms with Gasteiger partial charge in [0, 0.05) is 24.9 Å². The van der Waals surface area contributed by atoms with E-state index in [1.807, 2.05) is 0 Å². The number of piperidine rings is 1. The summed E-state index contributed by atoms with van der Waals surface area (Å²) in [4.78, 5) is 8.47. The van der Waals surface area contributed by atoms with Crippen LogP contribution < -0.4 is 4.90 Å². The van der Waals surface area contributed by atoms with Crippen LogP contribution in [-0.4, -0.2) is 33.3 Å². The van der Waals surface area contributed by atoms with Gasteiger partial charge in [0.05, 0.1) is 6.20 Å². The molecule has 1 saturated heterocycles. The Hall–Kier alpha value is -1.64. The van der Waals surface area contributed by atoms with Crippen LogP contribution in [0.4, 0.5) is 18.3 Å². The molecular weight excluding hydrogens is 327 g/mol. The molecule has 0 aromatic carbocycles. The molecule has 126 valence electrons. The van der Waals surface area contributed by atoms with Gasteiger partial charge in [-0.3, -0.25) is 0 Å². The monoisotopic (exact) mass is 345 g/mol. The van der Waals surface area contributed by atoms with Crippen LogP contribution in [0.2, 0.25) is 0 Å². The molecule has 0 radical (unpaired) electrons. The molecular formula is C14H18F3N5S. The van der Waals surface area contributed by atoms with E-state index in [-0.39, 0.29) is 5.92 Å². The number of halogens is 3. The average Bonchev–Trinajstić information content (AvgIpc) is 3.16. The molecule has 3 heterocycles. The molecule has 3 rings (SSSR count). The van der Waals surface area contributed by atoms with Crippen molar-refractivity contribution >= 4 is 16.5 Å². The summed E-state index contributed by atoms with van der Waals surface area (Å²) < 4.78 is 37.9. The highest BCUT2D eigenvalue weighted by Gasteiger charge is 2.34. The summed E-state index contributed by atoms with van der Waals surface area (Å²) >= 11 is 1.58. The van der Waals surface area contributed by atoms with Gasteiger partial charge < -0.3 is 9.88 Å². The number of nitrogens with zero attached hydrogens (tertiary/aromatic N) is 4. The van der Waals surface area contributed by atoms with Crippen molar-refractivity contribution in [1.29, 1.82) is 0 Å². The fraction of sp³-hybridized carbons (Fsp3) is 0.643. The van der Waals surface area contributed by atoms with Crippen LogP contribution in [0.1, 0.15) is 55.1 Å². The zero-order valence-corrected chi connectivity index (χ0v) is 13.7. The second-order valence-electron chi connectivity index (χ2n) is 6.02. The Bertz CT molecular complexity index is 655. The minimum atomic E-state index is -4.37. The lowest BCUT2D eigenvalue weighted by Crippen LogP contribution is -2.33. The number of rotatable bonds is 3. The lowest BCUT2D eigenvalue weighted by atomic mass is 9.96. The third kappa shape index (κ3) is 3.49. The Kier molecular flexibility index (Phi) is 4.31. The molecule has 1 N–H and O–H groups in total. The fourth-order valence-corrected chi connectivity index (χ4v) is 3.52. The Labute approximate surface area is 136 Å². The second kappa shape index (κ2) is 6.10. The van der Waals surface area contributed by atoms with E-state index in [1.54, 1.807) is 11.3 Å². The molecule has 0 saturated carbocycles. The molecule has 0 atom stereocenters. The Morgan fingerprint density at radius 3 is 2.48 bits per heavy atom. The minimum Gasteiger partial charge on any atom is -0.347 e. The molecule has 5 nitrogen and oxygen atoms in total. The first-order valence-electron chi connectivity index (χ1n) is 7.55. The molecule has 1 fully saturated rings. The minimum absolute atomic E-state index is 0.0276. The number of hydrogen-bond acceptors (Lipinski definition) is 5. The van der Waals surface area contributed by atoms with Crippen molar-refractivity contribution in [3.8, 4) is 0 Å². The van der Waals surface area contributed by atoms with Crippen LogP contribution in [0.25, 0.3) is 0 Å². The maximum absolute atomic E-state index is 12.6. The quantitative estimate of drug-likeness (QED) is 0.919. The summed E-state index contributed by atoms with van der Waals surface area (Å²) in [5, 5.41) is 10.3. The largest absolute Gasteiger partial charge is 0.432 e. The molecule has 2 aromatic heterocycles. The third-order valence-electron chi connectivity index (χ3n) is 3.98. The van der Waals surface area contributed by atoms with Crippen LogP contribution >= 0.6 is 11.3 Å². The summed E-state index contributed by atoms with van der Waals surface area (Å²) in [6, 6.07) is 0. The van der Waals surface area contributed by atoms with E-state index in [2.05, 4.69) is 38.9 Å². The zero-order chi connectivity index (χ0) is 16.6. The maximum Gasteiger partial charge on any atom is 0.432 e. The molecule has 0 bridgehead atoms. The number of hydrogen-bond donors (Lipinski definition) is 1. The van der Waals surface area contributed by atoms with E-state index >= 15 is 0 Å². The van der Waals surface area contributed by atoms with Crippen molar-refractivity contribution < 1.29 is 13.2 Å². The molecule has 0 unspecified atom stereocenters. The Morgan fingerprint density at radius 1 is 1.26 bits per heavy atom. The van der Waals surface area contributed by atoms with Gasteiger partial charge >= 0.3 is 6.18 Å². The van der Waals surface area contributed by atoms with E-state index in [1.165, 1.54) is 0 Å². The lowest BCUT2D eigenvalue weighted by molar-refractivity contribution is -0.141. The molecule has 0 aliphatic carbocycles. The highest BCUT2D eigenvalue weighted by Crippen LogP contribution is 2.34. The fourth-order valence-electron chi connectivity index (χ4n) is 2.62. The SMILES string of the molecule is CC(C)c1nnc(N2CCC(c3ncc(C(F)(F)F)[nH]3)CC2)s1. The van der Waals surface area contributed by atoms with Gasteiger partial charge in [-0.15, -0.1) is 10.2 Å². The van der Waals surface area contributed by atoms with Gasteiger partial charge in [-0.1, -0.05) is 25.2 Å².